The Hall–Kier alpha value is -1.15. The Balaban J connectivity index is 2.41. The molecule has 0 aliphatic carbocycles. The number of nitrogens with zero attached hydrogens (tertiary/aromatic N) is 1. The number of nitriles is 1. The molecule has 0 fully saturated rings. The standard InChI is InChI=1S/C14H17BrF2N2/c1-14(2,9-18)5-3-4-6-19-13-11(15)7-10(16)8-12(13)17/h7-8,19H,3-6H2,1-2H3. The minimum Gasteiger partial charge on any atom is -0.382 e. The third kappa shape index (κ3) is 5.15. The molecule has 0 aliphatic rings. The smallest absolute Gasteiger partial charge is 0.150 e. The molecular weight excluding hydrogens is 314 g/mol. The Kier molecular flexibility index (Phi) is 5.74. The highest BCUT2D eigenvalue weighted by molar-refractivity contribution is 9.10. The number of hydrogen-bond acceptors (Lipinski definition) is 2. The van der Waals surface area contributed by atoms with Crippen LogP contribution in [0.25, 0.3) is 0 Å². The molecule has 1 aromatic rings. The molecule has 0 aliphatic heterocycles. The van der Waals surface area contributed by atoms with Gasteiger partial charge in [0.1, 0.15) is 11.6 Å². The van der Waals surface area contributed by atoms with Gasteiger partial charge in [-0.2, -0.15) is 5.26 Å². The van der Waals surface area contributed by atoms with Gasteiger partial charge < -0.3 is 5.32 Å². The maximum atomic E-state index is 13.5. The Morgan fingerprint density at radius 2 is 2.00 bits per heavy atom. The molecule has 0 saturated heterocycles. The van der Waals surface area contributed by atoms with Crippen molar-refractivity contribution in [2.75, 3.05) is 11.9 Å². The summed E-state index contributed by atoms with van der Waals surface area (Å²) in [5, 5.41) is 11.8. The summed E-state index contributed by atoms with van der Waals surface area (Å²) in [7, 11) is 0. The third-order valence-corrected chi connectivity index (χ3v) is 3.47. The van der Waals surface area contributed by atoms with Crippen molar-refractivity contribution >= 4 is 21.6 Å². The Bertz CT molecular complexity index is 458. The predicted octanol–water partition coefficient (Wildman–Crippen LogP) is 4.86. The highest BCUT2D eigenvalue weighted by Crippen LogP contribution is 2.27. The van der Waals surface area contributed by atoms with Crippen LogP contribution in [-0.4, -0.2) is 6.54 Å². The Labute approximate surface area is 120 Å². The van der Waals surface area contributed by atoms with E-state index < -0.39 is 11.6 Å². The third-order valence-electron chi connectivity index (χ3n) is 2.84. The van der Waals surface area contributed by atoms with E-state index in [0.717, 1.165) is 25.3 Å². The average Bonchev–Trinajstić information content (AvgIpc) is 2.31. The van der Waals surface area contributed by atoms with Crippen molar-refractivity contribution in [1.29, 1.82) is 5.26 Å². The first kappa shape index (κ1) is 15.9. The van der Waals surface area contributed by atoms with Gasteiger partial charge in [-0.05, 0) is 48.7 Å². The van der Waals surface area contributed by atoms with Crippen molar-refractivity contribution in [3.8, 4) is 6.07 Å². The second kappa shape index (κ2) is 6.85. The number of halogens is 3. The van der Waals surface area contributed by atoms with Crippen LogP contribution in [0.4, 0.5) is 14.5 Å². The minimum absolute atomic E-state index is 0.279. The average molecular weight is 331 g/mol. The van der Waals surface area contributed by atoms with Crippen LogP contribution in [0.15, 0.2) is 16.6 Å². The molecule has 0 heterocycles. The molecule has 0 unspecified atom stereocenters. The molecule has 5 heteroatoms. The van der Waals surface area contributed by atoms with Crippen LogP contribution in [0, 0.1) is 28.4 Å². The Morgan fingerprint density at radius 1 is 1.32 bits per heavy atom. The van der Waals surface area contributed by atoms with Crippen LogP contribution in [0.3, 0.4) is 0 Å². The van der Waals surface area contributed by atoms with Gasteiger partial charge in [0.2, 0.25) is 0 Å². The zero-order chi connectivity index (χ0) is 14.5. The SMILES string of the molecule is CC(C)(C#N)CCCCNc1c(F)cc(F)cc1Br. The molecule has 0 aromatic heterocycles. The summed E-state index contributed by atoms with van der Waals surface area (Å²) in [4.78, 5) is 0. The highest BCUT2D eigenvalue weighted by atomic mass is 79.9. The lowest BCUT2D eigenvalue weighted by atomic mass is 9.89. The van der Waals surface area contributed by atoms with Gasteiger partial charge in [-0.25, -0.2) is 8.78 Å². The first-order valence-electron chi connectivity index (χ1n) is 6.15. The second-order valence-electron chi connectivity index (χ2n) is 5.12. The first-order chi connectivity index (χ1) is 8.85. The fraction of sp³-hybridized carbons (Fsp3) is 0.500. The first-order valence-corrected chi connectivity index (χ1v) is 6.95. The van der Waals surface area contributed by atoms with E-state index in [1.165, 1.54) is 6.07 Å². The number of nitrogens with one attached hydrogen (secondary N) is 1. The molecule has 0 bridgehead atoms. The van der Waals surface area contributed by atoms with Crippen LogP contribution in [0.5, 0.6) is 0 Å². The van der Waals surface area contributed by atoms with E-state index in [1.807, 2.05) is 13.8 Å². The zero-order valence-corrected chi connectivity index (χ0v) is 12.7. The van der Waals surface area contributed by atoms with E-state index in [9.17, 15) is 8.78 Å². The maximum absolute atomic E-state index is 13.5. The molecule has 2 nitrogen and oxygen atoms in total. The van der Waals surface area contributed by atoms with E-state index in [1.54, 1.807) is 0 Å². The number of benzene rings is 1. The number of unbranched alkanes of at least 4 members (excludes halogenated alkanes) is 1. The molecule has 104 valence electrons. The van der Waals surface area contributed by atoms with Gasteiger partial charge in [0.15, 0.2) is 0 Å². The number of anilines is 1. The molecule has 1 aromatic carbocycles. The second-order valence-corrected chi connectivity index (χ2v) is 5.98. The molecule has 0 atom stereocenters. The fourth-order valence-corrected chi connectivity index (χ4v) is 2.22. The van der Waals surface area contributed by atoms with Gasteiger partial charge in [-0.15, -0.1) is 0 Å². The van der Waals surface area contributed by atoms with Gasteiger partial charge in [-0.3, -0.25) is 0 Å². The largest absolute Gasteiger partial charge is 0.382 e. The minimum atomic E-state index is -0.607. The highest BCUT2D eigenvalue weighted by Gasteiger charge is 2.15. The fourth-order valence-electron chi connectivity index (χ4n) is 1.67. The van der Waals surface area contributed by atoms with Crippen molar-refractivity contribution in [2.45, 2.75) is 33.1 Å². The summed E-state index contributed by atoms with van der Waals surface area (Å²) >= 11 is 3.12. The van der Waals surface area contributed by atoms with E-state index in [4.69, 9.17) is 5.26 Å². The lowest BCUT2D eigenvalue weighted by molar-refractivity contribution is 0.430. The van der Waals surface area contributed by atoms with Crippen LogP contribution in [0.1, 0.15) is 33.1 Å². The quantitative estimate of drug-likeness (QED) is 0.756. The predicted molar refractivity (Wildman–Crippen MR) is 75.8 cm³/mol. The van der Waals surface area contributed by atoms with E-state index in [2.05, 4.69) is 27.3 Å². The summed E-state index contributed by atoms with van der Waals surface area (Å²) in [6, 6.07) is 4.32. The normalized spacial score (nSPS) is 11.2. The maximum Gasteiger partial charge on any atom is 0.150 e. The van der Waals surface area contributed by atoms with Gasteiger partial charge in [0.05, 0.1) is 17.2 Å². The molecule has 0 spiro atoms. The zero-order valence-electron chi connectivity index (χ0n) is 11.1. The van der Waals surface area contributed by atoms with Crippen LogP contribution in [-0.2, 0) is 0 Å². The molecule has 19 heavy (non-hydrogen) atoms. The van der Waals surface area contributed by atoms with Crippen molar-refractivity contribution in [3.05, 3.63) is 28.2 Å². The van der Waals surface area contributed by atoms with Crippen molar-refractivity contribution in [1.82, 2.24) is 0 Å². The van der Waals surface area contributed by atoms with Crippen LogP contribution in [0.2, 0.25) is 0 Å². The van der Waals surface area contributed by atoms with E-state index in [0.29, 0.717) is 11.0 Å². The summed E-state index contributed by atoms with van der Waals surface area (Å²) < 4.78 is 26.8. The van der Waals surface area contributed by atoms with Crippen LogP contribution < -0.4 is 5.32 Å². The molecule has 0 radical (unpaired) electrons. The van der Waals surface area contributed by atoms with Crippen molar-refractivity contribution < 1.29 is 8.78 Å². The topological polar surface area (TPSA) is 35.8 Å². The number of hydrogen-bond donors (Lipinski definition) is 1. The molecule has 0 saturated carbocycles. The molecule has 0 amide bonds. The molecule has 1 rings (SSSR count). The molecular formula is C14H17BrF2N2. The summed E-state index contributed by atoms with van der Waals surface area (Å²) in [6.07, 6.45) is 2.51. The van der Waals surface area contributed by atoms with Crippen molar-refractivity contribution in [3.63, 3.8) is 0 Å². The summed E-state index contributed by atoms with van der Waals surface area (Å²) in [5.41, 5.74) is -0.0391. The van der Waals surface area contributed by atoms with Gasteiger partial charge in [0.25, 0.3) is 0 Å². The van der Waals surface area contributed by atoms with E-state index >= 15 is 0 Å². The lowest BCUT2D eigenvalue weighted by Gasteiger charge is -2.15. The lowest BCUT2D eigenvalue weighted by Crippen LogP contribution is -2.09. The van der Waals surface area contributed by atoms with E-state index in [-0.39, 0.29) is 11.1 Å². The monoisotopic (exact) mass is 330 g/mol. The van der Waals surface area contributed by atoms with Crippen LogP contribution >= 0.6 is 15.9 Å². The van der Waals surface area contributed by atoms with Gasteiger partial charge in [-0.1, -0.05) is 6.42 Å². The summed E-state index contributed by atoms with van der Waals surface area (Å²) in [5.74, 6) is -1.21. The number of rotatable bonds is 6. The van der Waals surface area contributed by atoms with Crippen molar-refractivity contribution in [2.24, 2.45) is 5.41 Å². The molecule has 1 N–H and O–H groups in total. The summed E-state index contributed by atoms with van der Waals surface area (Å²) in [6.45, 7) is 4.38. The Morgan fingerprint density at radius 3 is 2.58 bits per heavy atom. The van der Waals surface area contributed by atoms with Gasteiger partial charge in [0, 0.05) is 17.1 Å². The van der Waals surface area contributed by atoms with Gasteiger partial charge >= 0.3 is 0 Å².